The SMILES string of the molecule is CCOC(=O)N(Oc1cc2ncnc(Nc3ccc(F)cc3F)c2cc1[N+](=O)[O-])C(C)(C)C. The molecule has 0 aliphatic heterocycles. The summed E-state index contributed by atoms with van der Waals surface area (Å²) in [6, 6.07) is 5.32. The molecule has 3 rings (SSSR count). The number of carbonyl (C=O) groups excluding carboxylic acids is 1. The molecule has 10 nitrogen and oxygen atoms in total. The van der Waals surface area contributed by atoms with Crippen LogP contribution in [0.4, 0.5) is 30.8 Å². The van der Waals surface area contributed by atoms with Crippen molar-refractivity contribution in [3.05, 3.63) is 58.4 Å². The number of nitro benzene ring substituents is 1. The molecule has 33 heavy (non-hydrogen) atoms. The molecule has 174 valence electrons. The fourth-order valence-corrected chi connectivity index (χ4v) is 2.83. The van der Waals surface area contributed by atoms with Gasteiger partial charge < -0.3 is 14.9 Å². The van der Waals surface area contributed by atoms with E-state index in [1.807, 2.05) is 0 Å². The second-order valence-corrected chi connectivity index (χ2v) is 7.82. The number of fused-ring (bicyclic) bond motifs is 1. The molecule has 0 fully saturated rings. The zero-order valence-electron chi connectivity index (χ0n) is 18.3. The van der Waals surface area contributed by atoms with Crippen molar-refractivity contribution in [1.29, 1.82) is 0 Å². The molecule has 1 amide bonds. The molecular formula is C21H21F2N5O5. The minimum absolute atomic E-state index is 0.0539. The molecule has 1 aromatic heterocycles. The Morgan fingerprint density at radius 3 is 2.55 bits per heavy atom. The van der Waals surface area contributed by atoms with Crippen LogP contribution < -0.4 is 10.2 Å². The number of hydrogen-bond donors (Lipinski definition) is 1. The Hall–Kier alpha value is -4.09. The topological polar surface area (TPSA) is 120 Å². The number of aromatic nitrogens is 2. The van der Waals surface area contributed by atoms with Crippen LogP contribution >= 0.6 is 0 Å². The highest BCUT2D eigenvalue weighted by atomic mass is 19.1. The highest BCUT2D eigenvalue weighted by molar-refractivity contribution is 5.93. The summed E-state index contributed by atoms with van der Waals surface area (Å²) in [5, 5.41) is 15.5. The number of amides is 1. The summed E-state index contributed by atoms with van der Waals surface area (Å²) in [6.07, 6.45) is 0.338. The van der Waals surface area contributed by atoms with E-state index in [2.05, 4.69) is 15.3 Å². The molecule has 0 atom stereocenters. The van der Waals surface area contributed by atoms with E-state index in [9.17, 15) is 23.7 Å². The molecule has 0 radical (unpaired) electrons. The van der Waals surface area contributed by atoms with Crippen LogP contribution in [0.3, 0.4) is 0 Å². The monoisotopic (exact) mass is 461 g/mol. The van der Waals surface area contributed by atoms with Gasteiger partial charge in [0.15, 0.2) is 0 Å². The molecule has 1 heterocycles. The number of hydrogen-bond acceptors (Lipinski definition) is 8. The maximum absolute atomic E-state index is 14.1. The van der Waals surface area contributed by atoms with Gasteiger partial charge in [0, 0.05) is 18.2 Å². The first-order chi connectivity index (χ1) is 15.5. The van der Waals surface area contributed by atoms with E-state index in [1.54, 1.807) is 27.7 Å². The summed E-state index contributed by atoms with van der Waals surface area (Å²) >= 11 is 0. The molecule has 0 unspecified atom stereocenters. The summed E-state index contributed by atoms with van der Waals surface area (Å²) < 4.78 is 32.3. The number of carbonyl (C=O) groups is 1. The van der Waals surface area contributed by atoms with Crippen molar-refractivity contribution in [3.8, 4) is 5.75 Å². The lowest BCUT2D eigenvalue weighted by atomic mass is 10.1. The molecule has 1 N–H and O–H groups in total. The molecule has 2 aromatic carbocycles. The fraction of sp³-hybridized carbons (Fsp3) is 0.286. The number of halogens is 2. The number of rotatable bonds is 6. The lowest BCUT2D eigenvalue weighted by Gasteiger charge is -2.32. The Morgan fingerprint density at radius 1 is 1.21 bits per heavy atom. The molecule has 0 saturated heterocycles. The van der Waals surface area contributed by atoms with E-state index in [1.165, 1.54) is 12.1 Å². The first-order valence-electron chi connectivity index (χ1n) is 9.81. The van der Waals surface area contributed by atoms with E-state index in [0.717, 1.165) is 23.5 Å². The van der Waals surface area contributed by atoms with Gasteiger partial charge in [-0.3, -0.25) is 10.1 Å². The Balaban J connectivity index is 2.08. The smallest absolute Gasteiger partial charge is 0.443 e. The van der Waals surface area contributed by atoms with Gasteiger partial charge in [-0.15, -0.1) is 5.06 Å². The summed E-state index contributed by atoms with van der Waals surface area (Å²) in [4.78, 5) is 37.2. The molecule has 0 aliphatic carbocycles. The van der Waals surface area contributed by atoms with Crippen LogP contribution in [0.1, 0.15) is 27.7 Å². The number of nitro groups is 1. The average Bonchev–Trinajstić information content (AvgIpc) is 2.72. The summed E-state index contributed by atoms with van der Waals surface area (Å²) in [6.45, 7) is 6.69. The minimum atomic E-state index is -0.895. The van der Waals surface area contributed by atoms with Crippen LogP contribution in [-0.2, 0) is 4.74 Å². The zero-order valence-corrected chi connectivity index (χ0v) is 18.3. The Bertz CT molecular complexity index is 1220. The van der Waals surface area contributed by atoms with E-state index in [-0.39, 0.29) is 34.8 Å². The van der Waals surface area contributed by atoms with Gasteiger partial charge in [0.25, 0.3) is 0 Å². The van der Waals surface area contributed by atoms with Crippen LogP contribution in [0.25, 0.3) is 10.9 Å². The Kier molecular flexibility index (Phi) is 6.56. The molecular weight excluding hydrogens is 440 g/mol. The van der Waals surface area contributed by atoms with Crippen molar-refractivity contribution in [3.63, 3.8) is 0 Å². The standard InChI is InChI=1S/C21H21F2N5O5/c1-5-32-20(29)27(21(2,3)4)33-18-10-16-13(9-17(18)28(30)31)19(25-11-24-16)26-15-7-6-12(22)8-14(15)23/h6-11H,5H2,1-4H3,(H,24,25,26). The van der Waals surface area contributed by atoms with Crippen molar-refractivity contribution in [2.45, 2.75) is 33.2 Å². The number of nitrogens with one attached hydrogen (secondary N) is 1. The van der Waals surface area contributed by atoms with Crippen molar-refractivity contribution < 1.29 is 28.1 Å². The summed E-state index contributed by atoms with van der Waals surface area (Å²) in [5.74, 6) is -1.83. The average molecular weight is 461 g/mol. The summed E-state index contributed by atoms with van der Waals surface area (Å²) in [5.41, 5.74) is -1.25. The maximum Gasteiger partial charge on any atom is 0.443 e. The zero-order chi connectivity index (χ0) is 24.3. The van der Waals surface area contributed by atoms with Crippen molar-refractivity contribution in [1.82, 2.24) is 15.0 Å². The predicted octanol–water partition coefficient (Wildman–Crippen LogP) is 5.11. The van der Waals surface area contributed by atoms with Gasteiger partial charge in [-0.1, -0.05) is 0 Å². The number of benzene rings is 2. The fourth-order valence-electron chi connectivity index (χ4n) is 2.83. The minimum Gasteiger partial charge on any atom is -0.448 e. The molecule has 12 heteroatoms. The molecule has 3 aromatic rings. The summed E-state index contributed by atoms with van der Waals surface area (Å²) in [7, 11) is 0. The van der Waals surface area contributed by atoms with Gasteiger partial charge >= 0.3 is 11.8 Å². The van der Waals surface area contributed by atoms with E-state index in [0.29, 0.717) is 6.07 Å². The first-order valence-corrected chi connectivity index (χ1v) is 9.81. The van der Waals surface area contributed by atoms with Gasteiger partial charge in [-0.25, -0.2) is 23.5 Å². The third-order valence-electron chi connectivity index (χ3n) is 4.33. The molecule has 0 aliphatic rings. The van der Waals surface area contributed by atoms with Crippen LogP contribution in [-0.4, -0.2) is 38.2 Å². The Morgan fingerprint density at radius 2 is 1.94 bits per heavy atom. The van der Waals surface area contributed by atoms with Gasteiger partial charge in [0.2, 0.25) is 5.75 Å². The maximum atomic E-state index is 14.1. The second kappa shape index (κ2) is 9.18. The second-order valence-electron chi connectivity index (χ2n) is 7.82. The molecule has 0 saturated carbocycles. The van der Waals surface area contributed by atoms with Crippen LogP contribution in [0, 0.1) is 21.7 Å². The quantitative estimate of drug-likeness (QED) is 0.397. The Labute approximate surface area is 187 Å². The van der Waals surface area contributed by atoms with Crippen LogP contribution in [0.5, 0.6) is 5.75 Å². The van der Waals surface area contributed by atoms with Crippen LogP contribution in [0.2, 0.25) is 0 Å². The van der Waals surface area contributed by atoms with Crippen LogP contribution in [0.15, 0.2) is 36.7 Å². The predicted molar refractivity (Wildman–Crippen MR) is 115 cm³/mol. The number of anilines is 2. The van der Waals surface area contributed by atoms with Crippen molar-refractivity contribution in [2.75, 3.05) is 11.9 Å². The van der Waals surface area contributed by atoms with E-state index < -0.39 is 33.9 Å². The lowest BCUT2D eigenvalue weighted by Crippen LogP contribution is -2.48. The van der Waals surface area contributed by atoms with E-state index in [4.69, 9.17) is 9.57 Å². The third-order valence-corrected chi connectivity index (χ3v) is 4.33. The van der Waals surface area contributed by atoms with Gasteiger partial charge in [0.1, 0.15) is 23.8 Å². The van der Waals surface area contributed by atoms with Crippen molar-refractivity contribution >= 4 is 34.2 Å². The largest absolute Gasteiger partial charge is 0.448 e. The highest BCUT2D eigenvalue weighted by Gasteiger charge is 2.33. The first kappa shape index (κ1) is 23.6. The number of ether oxygens (including phenoxy) is 1. The number of nitrogens with zero attached hydrogens (tertiary/aromatic N) is 4. The molecule has 0 spiro atoms. The van der Waals surface area contributed by atoms with Gasteiger partial charge in [0.05, 0.1) is 33.7 Å². The third kappa shape index (κ3) is 5.22. The highest BCUT2D eigenvalue weighted by Crippen LogP contribution is 2.36. The number of hydroxylamine groups is 2. The lowest BCUT2D eigenvalue weighted by molar-refractivity contribution is -0.386. The normalized spacial score (nSPS) is 11.2. The van der Waals surface area contributed by atoms with Crippen molar-refractivity contribution in [2.24, 2.45) is 0 Å². The van der Waals surface area contributed by atoms with Gasteiger partial charge in [-0.2, -0.15) is 0 Å². The van der Waals surface area contributed by atoms with E-state index >= 15 is 0 Å². The molecule has 0 bridgehead atoms. The van der Waals surface area contributed by atoms with Gasteiger partial charge in [-0.05, 0) is 39.8 Å².